The molecule has 1 aromatic heterocycles. The molecule has 2 aromatic rings. The van der Waals surface area contributed by atoms with Gasteiger partial charge in [0.15, 0.2) is 0 Å². The molecule has 2 fully saturated rings. The minimum atomic E-state index is 0.126. The van der Waals surface area contributed by atoms with Crippen LogP contribution in [0.1, 0.15) is 36.8 Å². The quantitative estimate of drug-likeness (QED) is 0.821. The Kier molecular flexibility index (Phi) is 6.91. The molecular formula is C24H32N4O. The molecule has 4 rings (SSSR count). The van der Waals surface area contributed by atoms with Gasteiger partial charge in [-0.15, -0.1) is 0 Å². The van der Waals surface area contributed by atoms with Gasteiger partial charge in [0.2, 0.25) is 5.91 Å². The molecule has 2 saturated heterocycles. The zero-order chi connectivity index (χ0) is 19.9. The minimum Gasteiger partial charge on any atom is -0.352 e. The van der Waals surface area contributed by atoms with Gasteiger partial charge in [-0.05, 0) is 62.5 Å². The number of benzene rings is 1. The number of pyridine rings is 1. The van der Waals surface area contributed by atoms with E-state index in [1.54, 1.807) is 0 Å². The van der Waals surface area contributed by atoms with Gasteiger partial charge in [-0.2, -0.15) is 0 Å². The fourth-order valence-corrected chi connectivity index (χ4v) is 4.67. The second-order valence-corrected chi connectivity index (χ2v) is 8.41. The van der Waals surface area contributed by atoms with Gasteiger partial charge in [0.25, 0.3) is 0 Å². The second kappa shape index (κ2) is 9.99. The zero-order valence-corrected chi connectivity index (χ0v) is 17.2. The predicted molar refractivity (Wildman–Crippen MR) is 115 cm³/mol. The lowest BCUT2D eigenvalue weighted by molar-refractivity contribution is -0.127. The molecule has 2 aliphatic heterocycles. The molecule has 1 aromatic carbocycles. The van der Waals surface area contributed by atoms with E-state index in [0.29, 0.717) is 12.6 Å². The molecule has 1 N–H and O–H groups in total. The maximum Gasteiger partial charge on any atom is 0.224 e. The number of likely N-dealkylation sites (tertiary alicyclic amines) is 2. The third-order valence-electron chi connectivity index (χ3n) is 6.34. The Morgan fingerprint density at radius 3 is 2.55 bits per heavy atom. The van der Waals surface area contributed by atoms with Crippen molar-refractivity contribution in [2.24, 2.45) is 5.92 Å². The van der Waals surface area contributed by atoms with Crippen LogP contribution in [0, 0.1) is 5.92 Å². The summed E-state index contributed by atoms with van der Waals surface area (Å²) in [6.45, 7) is 5.92. The van der Waals surface area contributed by atoms with Crippen molar-refractivity contribution < 1.29 is 4.79 Å². The standard InChI is InChI=1S/C24H32N4O/c29-24(26-17-20-6-2-1-3-7-20)22-9-5-13-28(19-22)23-10-14-27(15-11-23)18-21-8-4-12-25-16-21/h1-4,6-8,12,16,22-23H,5,9-11,13-15,17-19H2,(H,26,29). The average Bonchev–Trinajstić information content (AvgIpc) is 2.79. The van der Waals surface area contributed by atoms with Gasteiger partial charge in [-0.25, -0.2) is 0 Å². The topological polar surface area (TPSA) is 48.5 Å². The molecule has 0 spiro atoms. The molecular weight excluding hydrogens is 360 g/mol. The van der Waals surface area contributed by atoms with Crippen LogP contribution >= 0.6 is 0 Å². The van der Waals surface area contributed by atoms with E-state index in [1.165, 1.54) is 18.4 Å². The van der Waals surface area contributed by atoms with Gasteiger partial charge < -0.3 is 5.32 Å². The number of amides is 1. The minimum absolute atomic E-state index is 0.126. The van der Waals surface area contributed by atoms with E-state index < -0.39 is 0 Å². The Bertz CT molecular complexity index is 759. The maximum absolute atomic E-state index is 12.7. The van der Waals surface area contributed by atoms with Crippen molar-refractivity contribution in [2.45, 2.75) is 44.8 Å². The van der Waals surface area contributed by atoms with Crippen LogP contribution in [0.2, 0.25) is 0 Å². The number of hydrogen-bond donors (Lipinski definition) is 1. The number of aromatic nitrogens is 1. The van der Waals surface area contributed by atoms with Crippen LogP contribution in [-0.2, 0) is 17.9 Å². The maximum atomic E-state index is 12.7. The summed E-state index contributed by atoms with van der Waals surface area (Å²) < 4.78 is 0. The second-order valence-electron chi connectivity index (χ2n) is 8.41. The normalized spacial score (nSPS) is 21.7. The molecule has 1 atom stereocenters. The molecule has 1 unspecified atom stereocenters. The Morgan fingerprint density at radius 2 is 1.79 bits per heavy atom. The third-order valence-corrected chi connectivity index (χ3v) is 6.34. The highest BCUT2D eigenvalue weighted by Gasteiger charge is 2.31. The van der Waals surface area contributed by atoms with Gasteiger partial charge >= 0.3 is 0 Å². The number of nitrogens with zero attached hydrogens (tertiary/aromatic N) is 3. The Balaban J connectivity index is 1.23. The van der Waals surface area contributed by atoms with Gasteiger partial charge in [-0.1, -0.05) is 36.4 Å². The summed E-state index contributed by atoms with van der Waals surface area (Å²) in [6.07, 6.45) is 8.32. The van der Waals surface area contributed by atoms with E-state index in [0.717, 1.165) is 51.1 Å². The van der Waals surface area contributed by atoms with E-state index in [-0.39, 0.29) is 11.8 Å². The first-order chi connectivity index (χ1) is 14.3. The molecule has 154 valence electrons. The van der Waals surface area contributed by atoms with Crippen molar-refractivity contribution >= 4 is 5.91 Å². The monoisotopic (exact) mass is 392 g/mol. The fourth-order valence-electron chi connectivity index (χ4n) is 4.67. The first-order valence-electron chi connectivity index (χ1n) is 10.9. The molecule has 29 heavy (non-hydrogen) atoms. The predicted octanol–water partition coefficient (Wildman–Crippen LogP) is 3.07. The van der Waals surface area contributed by atoms with Crippen LogP contribution in [0.15, 0.2) is 54.9 Å². The van der Waals surface area contributed by atoms with Crippen molar-refractivity contribution in [1.29, 1.82) is 0 Å². The average molecular weight is 393 g/mol. The van der Waals surface area contributed by atoms with Crippen LogP contribution < -0.4 is 5.32 Å². The van der Waals surface area contributed by atoms with Crippen LogP contribution in [0.4, 0.5) is 0 Å². The van der Waals surface area contributed by atoms with Crippen LogP contribution in [0.5, 0.6) is 0 Å². The smallest absolute Gasteiger partial charge is 0.224 e. The third kappa shape index (κ3) is 5.64. The zero-order valence-electron chi connectivity index (χ0n) is 17.2. The highest BCUT2D eigenvalue weighted by atomic mass is 16.1. The van der Waals surface area contributed by atoms with E-state index in [4.69, 9.17) is 0 Å². The van der Waals surface area contributed by atoms with E-state index in [1.807, 2.05) is 36.7 Å². The van der Waals surface area contributed by atoms with Crippen LogP contribution in [-0.4, -0.2) is 52.9 Å². The summed E-state index contributed by atoms with van der Waals surface area (Å²) >= 11 is 0. The van der Waals surface area contributed by atoms with Gasteiger partial charge in [0.05, 0.1) is 5.92 Å². The first-order valence-corrected chi connectivity index (χ1v) is 10.9. The van der Waals surface area contributed by atoms with Crippen molar-refractivity contribution in [3.05, 3.63) is 66.0 Å². The summed E-state index contributed by atoms with van der Waals surface area (Å²) in [6, 6.07) is 15.0. The number of nitrogens with one attached hydrogen (secondary N) is 1. The molecule has 0 aliphatic carbocycles. The SMILES string of the molecule is O=C(NCc1ccccc1)C1CCCN(C2CCN(Cc3cccnc3)CC2)C1. The van der Waals surface area contributed by atoms with Crippen molar-refractivity contribution in [1.82, 2.24) is 20.1 Å². The molecule has 5 nitrogen and oxygen atoms in total. The number of piperidine rings is 2. The molecule has 1 amide bonds. The lowest BCUT2D eigenvalue weighted by Gasteiger charge is -2.42. The number of carbonyl (C=O) groups excluding carboxylic acids is 1. The molecule has 0 bridgehead atoms. The van der Waals surface area contributed by atoms with E-state index in [2.05, 4.69) is 38.3 Å². The molecule has 5 heteroatoms. The number of carbonyl (C=O) groups is 1. The Morgan fingerprint density at radius 1 is 1.00 bits per heavy atom. The molecule has 0 saturated carbocycles. The summed E-state index contributed by atoms with van der Waals surface area (Å²) in [5, 5.41) is 3.15. The molecule has 0 radical (unpaired) electrons. The number of hydrogen-bond acceptors (Lipinski definition) is 4. The highest BCUT2D eigenvalue weighted by Crippen LogP contribution is 2.24. The summed E-state index contributed by atoms with van der Waals surface area (Å²) in [4.78, 5) is 22.0. The van der Waals surface area contributed by atoms with Gasteiger partial charge in [0, 0.05) is 38.1 Å². The van der Waals surface area contributed by atoms with E-state index in [9.17, 15) is 4.79 Å². The summed E-state index contributed by atoms with van der Waals surface area (Å²) in [7, 11) is 0. The highest BCUT2D eigenvalue weighted by molar-refractivity contribution is 5.79. The van der Waals surface area contributed by atoms with Crippen LogP contribution in [0.25, 0.3) is 0 Å². The number of rotatable bonds is 6. The summed E-state index contributed by atoms with van der Waals surface area (Å²) in [5.41, 5.74) is 2.45. The molecule has 3 heterocycles. The van der Waals surface area contributed by atoms with Crippen molar-refractivity contribution in [2.75, 3.05) is 26.2 Å². The Labute approximate surface area is 174 Å². The largest absolute Gasteiger partial charge is 0.352 e. The van der Waals surface area contributed by atoms with Gasteiger partial charge in [-0.3, -0.25) is 19.6 Å². The van der Waals surface area contributed by atoms with E-state index >= 15 is 0 Å². The fraction of sp³-hybridized carbons (Fsp3) is 0.500. The Hall–Kier alpha value is -2.24. The lowest BCUT2D eigenvalue weighted by atomic mass is 9.93. The first kappa shape index (κ1) is 20.0. The van der Waals surface area contributed by atoms with Gasteiger partial charge in [0.1, 0.15) is 0 Å². The van der Waals surface area contributed by atoms with Crippen molar-refractivity contribution in [3.8, 4) is 0 Å². The van der Waals surface area contributed by atoms with Crippen LogP contribution in [0.3, 0.4) is 0 Å². The lowest BCUT2D eigenvalue weighted by Crippen LogP contribution is -2.50. The van der Waals surface area contributed by atoms with Crippen molar-refractivity contribution in [3.63, 3.8) is 0 Å². The molecule has 2 aliphatic rings. The summed E-state index contributed by atoms with van der Waals surface area (Å²) in [5.74, 6) is 0.341.